The van der Waals surface area contributed by atoms with E-state index in [1.165, 1.54) is 25.7 Å². The Morgan fingerprint density at radius 2 is 1.46 bits per heavy atom. The third-order valence-corrected chi connectivity index (χ3v) is 3.73. The molecule has 1 unspecified atom stereocenters. The van der Waals surface area contributed by atoms with Crippen molar-refractivity contribution < 1.29 is 39.7 Å². The fourth-order valence-electron chi connectivity index (χ4n) is 2.36. The van der Waals surface area contributed by atoms with Crippen LogP contribution in [0.2, 0.25) is 0 Å². The molecule has 0 aliphatic rings. The molecule has 1 atom stereocenters. The number of carboxylic acid groups (broad SMARTS) is 1. The fourth-order valence-corrected chi connectivity index (χ4v) is 2.36. The minimum Gasteiger partial charge on any atom is -0.870 e. The van der Waals surface area contributed by atoms with Gasteiger partial charge in [0.25, 0.3) is 0 Å². The Morgan fingerprint density at radius 3 is 2.00 bits per heavy atom. The van der Waals surface area contributed by atoms with Crippen molar-refractivity contribution >= 4 is 38.1 Å². The van der Waals surface area contributed by atoms with Gasteiger partial charge in [-0.15, -0.1) is 0 Å². The van der Waals surface area contributed by atoms with Gasteiger partial charge >= 0.3 is 38.1 Å². The maximum absolute atomic E-state index is 10.3. The van der Waals surface area contributed by atoms with E-state index in [0.717, 1.165) is 51.4 Å². The zero-order chi connectivity index (χ0) is 20.3. The van der Waals surface area contributed by atoms with Gasteiger partial charge in [-0.3, -0.25) is 4.79 Å². The van der Waals surface area contributed by atoms with Crippen LogP contribution in [-0.4, -0.2) is 74.3 Å². The first-order valence-corrected chi connectivity index (χ1v) is 11.3. The second kappa shape index (κ2) is 25.0. The molecule has 0 spiro atoms. The third kappa shape index (κ3) is 45.0. The standard InChI is InChI=1S/C18H34O3.Mg.H3O4Si.H2O/c1-2-3-4-11-14-17(19)15-12-9-7-5-6-8-10-13-16-18(20)21;;1-5(2,3)4;/h9,12,17,19H,2-8,10-11,13-16H2,1H3,(H,20,21);;1-3H;1H2/q;+2;-1;/p-1/b12-9-;;;. The molecule has 0 amide bonds. The first kappa shape index (κ1) is 35.4. The van der Waals surface area contributed by atoms with Crippen molar-refractivity contribution in [1.29, 1.82) is 0 Å². The number of carboxylic acids is 1. The number of aliphatic carboxylic acids is 1. The van der Waals surface area contributed by atoms with Crippen LogP contribution in [0.5, 0.6) is 0 Å². The van der Waals surface area contributed by atoms with E-state index in [-0.39, 0.29) is 34.6 Å². The molecule has 0 saturated carbocycles. The molecule has 0 aromatic heterocycles. The predicted octanol–water partition coefficient (Wildman–Crippen LogP) is 1.28. The molecule has 0 aromatic rings. The number of hydrogen-bond donors (Lipinski definition) is 5. The Kier molecular flexibility index (Phi) is 31.6. The smallest absolute Gasteiger partial charge is 0.870 e. The summed E-state index contributed by atoms with van der Waals surface area (Å²) in [5.74, 6) is -0.689. The number of hydrogen-bond acceptors (Lipinski definition) is 7. The number of allylic oxidation sites excluding steroid dienone is 1. The molecule has 0 heterocycles. The molecule has 0 rings (SSSR count). The van der Waals surface area contributed by atoms with Crippen molar-refractivity contribution in [2.45, 2.75) is 96.5 Å². The zero-order valence-corrected chi connectivity index (χ0v) is 19.5. The summed E-state index contributed by atoms with van der Waals surface area (Å²) in [6, 6.07) is 0. The Balaban J connectivity index is -0.000000364. The van der Waals surface area contributed by atoms with E-state index in [1.54, 1.807) is 0 Å². The van der Waals surface area contributed by atoms with Crippen molar-refractivity contribution in [3.63, 3.8) is 0 Å². The van der Waals surface area contributed by atoms with Crippen molar-refractivity contribution in [2.24, 2.45) is 0 Å². The zero-order valence-electron chi connectivity index (χ0n) is 17.1. The molecule has 0 saturated heterocycles. The molecule has 10 heteroatoms. The predicted molar refractivity (Wildman–Crippen MR) is 109 cm³/mol. The van der Waals surface area contributed by atoms with Gasteiger partial charge < -0.3 is 34.9 Å². The van der Waals surface area contributed by atoms with E-state index in [9.17, 15) is 9.90 Å². The topological polar surface area (TPSA) is 171 Å². The molecule has 0 aromatic carbocycles. The molecule has 8 nitrogen and oxygen atoms in total. The molecular formula is C18H38MgO8Si. The maximum Gasteiger partial charge on any atom is 2.00 e. The van der Waals surface area contributed by atoms with Gasteiger partial charge in [-0.2, -0.15) is 0 Å². The number of aliphatic hydroxyl groups excluding tert-OH is 1. The Bertz CT molecular complexity index is 345. The summed E-state index contributed by atoms with van der Waals surface area (Å²) in [5, 5.41) is 18.3. The van der Waals surface area contributed by atoms with Gasteiger partial charge in [-0.1, -0.05) is 64.0 Å². The molecule has 0 aliphatic carbocycles. The minimum atomic E-state index is -4.86. The Hall–Kier alpha value is -0.0469. The molecule has 28 heavy (non-hydrogen) atoms. The summed E-state index contributed by atoms with van der Waals surface area (Å²) in [5.41, 5.74) is 0. The summed E-state index contributed by atoms with van der Waals surface area (Å²) in [4.78, 5) is 40.9. The van der Waals surface area contributed by atoms with Crippen LogP contribution >= 0.6 is 0 Å². The Morgan fingerprint density at radius 1 is 0.964 bits per heavy atom. The summed E-state index contributed by atoms with van der Waals surface area (Å²) in [6.07, 6.45) is 17.4. The fraction of sp³-hybridized carbons (Fsp3) is 0.833. The van der Waals surface area contributed by atoms with Gasteiger partial charge in [0.1, 0.15) is 0 Å². The molecule has 0 radical (unpaired) electrons. The van der Waals surface area contributed by atoms with Gasteiger partial charge in [0.2, 0.25) is 0 Å². The van der Waals surface area contributed by atoms with Crippen LogP contribution in [0.4, 0.5) is 0 Å². The first-order valence-electron chi connectivity index (χ1n) is 9.59. The van der Waals surface area contributed by atoms with Gasteiger partial charge in [-0.05, 0) is 32.1 Å². The second-order valence-electron chi connectivity index (χ2n) is 6.48. The van der Waals surface area contributed by atoms with Crippen LogP contribution in [0.1, 0.15) is 90.4 Å². The number of carbonyl (C=O) groups is 1. The monoisotopic (exact) mass is 434 g/mol. The van der Waals surface area contributed by atoms with Crippen LogP contribution in [-0.2, 0) is 4.79 Å². The van der Waals surface area contributed by atoms with E-state index in [0.29, 0.717) is 6.42 Å². The number of rotatable bonds is 15. The van der Waals surface area contributed by atoms with Crippen LogP contribution in [0.25, 0.3) is 0 Å². The summed E-state index contributed by atoms with van der Waals surface area (Å²) in [6.45, 7) is 2.20. The number of aliphatic hydroxyl groups is 1. The average molecular weight is 435 g/mol. The first-order chi connectivity index (χ1) is 12.2. The normalized spacial score (nSPS) is 11.8. The van der Waals surface area contributed by atoms with Crippen molar-refractivity contribution in [3.8, 4) is 0 Å². The summed E-state index contributed by atoms with van der Waals surface area (Å²) >= 11 is 0. The SMILES string of the molecule is CCCCCCC(O)C/C=C\CCCCCCCC(=O)O.[Mg+2].[O-][Si](O)(O)O.[OH-]. The largest absolute Gasteiger partial charge is 2.00 e. The van der Waals surface area contributed by atoms with Crippen molar-refractivity contribution in [2.75, 3.05) is 0 Å². The number of unbranched alkanes of at least 4 members (excludes halogenated alkanes) is 8. The van der Waals surface area contributed by atoms with Crippen molar-refractivity contribution in [3.05, 3.63) is 12.2 Å². The van der Waals surface area contributed by atoms with Gasteiger partial charge in [0.15, 0.2) is 0 Å². The van der Waals surface area contributed by atoms with Gasteiger partial charge in [0, 0.05) is 6.42 Å². The van der Waals surface area contributed by atoms with E-state index in [2.05, 4.69) is 19.1 Å². The summed E-state index contributed by atoms with van der Waals surface area (Å²) in [7, 11) is -4.86. The van der Waals surface area contributed by atoms with Crippen LogP contribution < -0.4 is 4.80 Å². The molecular weight excluding hydrogens is 397 g/mol. The van der Waals surface area contributed by atoms with Crippen LogP contribution in [0.3, 0.4) is 0 Å². The van der Waals surface area contributed by atoms with Gasteiger partial charge in [-0.25, -0.2) is 0 Å². The van der Waals surface area contributed by atoms with E-state index >= 15 is 0 Å². The minimum absolute atomic E-state index is 0. The average Bonchev–Trinajstić information content (AvgIpc) is 2.51. The van der Waals surface area contributed by atoms with Crippen molar-refractivity contribution in [1.82, 2.24) is 0 Å². The van der Waals surface area contributed by atoms with E-state index in [4.69, 9.17) is 24.3 Å². The van der Waals surface area contributed by atoms with E-state index in [1.807, 2.05) is 0 Å². The maximum atomic E-state index is 10.3. The van der Waals surface area contributed by atoms with E-state index < -0.39 is 15.0 Å². The quantitative estimate of drug-likeness (QED) is 0.146. The molecule has 0 aliphatic heterocycles. The van der Waals surface area contributed by atoms with Crippen LogP contribution in [0, 0.1) is 0 Å². The molecule has 0 bridgehead atoms. The molecule has 0 fully saturated rings. The van der Waals surface area contributed by atoms with Crippen LogP contribution in [0.15, 0.2) is 12.2 Å². The van der Waals surface area contributed by atoms with Gasteiger partial charge in [0.05, 0.1) is 6.10 Å². The summed E-state index contributed by atoms with van der Waals surface area (Å²) < 4.78 is 0. The third-order valence-electron chi connectivity index (χ3n) is 3.73. The molecule has 6 N–H and O–H groups in total. The second-order valence-corrected chi connectivity index (χ2v) is 7.63. The Labute approximate surface area is 186 Å². The molecule has 164 valence electrons.